The lowest BCUT2D eigenvalue weighted by molar-refractivity contribution is -0.230. The summed E-state index contributed by atoms with van der Waals surface area (Å²) in [5, 5.41) is 40.0. The maximum atomic E-state index is 13.5. The SMILES string of the molecule is COc1ccc(-c2oc3cc(OC(C)=O)cc(O)c3c(=O)c2OC2OC(CO)C(=O)C(O)C2O)cc1. The van der Waals surface area contributed by atoms with Crippen LogP contribution >= 0.6 is 0 Å². The zero-order valence-electron chi connectivity index (χ0n) is 19.0. The Morgan fingerprint density at radius 1 is 1.08 bits per heavy atom. The molecule has 3 aromatic rings. The lowest BCUT2D eigenvalue weighted by Crippen LogP contribution is -2.58. The van der Waals surface area contributed by atoms with Gasteiger partial charge in [0.25, 0.3) is 0 Å². The fraction of sp³-hybridized carbons (Fsp3) is 0.292. The summed E-state index contributed by atoms with van der Waals surface area (Å²) in [6.07, 6.45) is -7.11. The van der Waals surface area contributed by atoms with Crippen molar-refractivity contribution in [3.63, 3.8) is 0 Å². The van der Waals surface area contributed by atoms with Gasteiger partial charge in [-0.3, -0.25) is 14.4 Å². The van der Waals surface area contributed by atoms with E-state index in [1.807, 2.05) is 0 Å². The molecule has 0 amide bonds. The standard InChI is InChI=1S/C24H22O12/c1-10(26)33-13-7-14(27)17-15(8-13)34-22(11-3-5-12(32-2)6-4-11)23(19(17)29)36-24-21(31)20(30)18(28)16(9-25)35-24/h3-8,16,20-21,24-25,27,30-31H,9H2,1-2H3. The molecule has 0 saturated carbocycles. The zero-order valence-corrected chi connectivity index (χ0v) is 19.0. The number of aromatic hydroxyl groups is 1. The van der Waals surface area contributed by atoms with Crippen molar-refractivity contribution in [2.45, 2.75) is 31.5 Å². The fourth-order valence-corrected chi connectivity index (χ4v) is 3.69. The summed E-state index contributed by atoms with van der Waals surface area (Å²) in [6.45, 7) is 0.352. The molecule has 1 aliphatic heterocycles. The first-order chi connectivity index (χ1) is 17.1. The van der Waals surface area contributed by atoms with Gasteiger partial charge in [0, 0.05) is 24.6 Å². The average Bonchev–Trinajstić information content (AvgIpc) is 2.85. The summed E-state index contributed by atoms with van der Waals surface area (Å²) in [5.74, 6) is -2.48. The van der Waals surface area contributed by atoms with E-state index in [1.165, 1.54) is 13.2 Å². The number of carbonyl (C=O) groups excluding carboxylic acids is 2. The summed E-state index contributed by atoms with van der Waals surface area (Å²) >= 11 is 0. The summed E-state index contributed by atoms with van der Waals surface area (Å²) in [7, 11) is 1.46. The number of Topliss-reactive ketones (excluding diaryl/α,β-unsaturated/α-hetero) is 1. The molecular formula is C24H22O12. The quantitative estimate of drug-likeness (QED) is 0.271. The van der Waals surface area contributed by atoms with Crippen LogP contribution in [0.3, 0.4) is 0 Å². The number of esters is 1. The third-order valence-electron chi connectivity index (χ3n) is 5.43. The van der Waals surface area contributed by atoms with Crippen LogP contribution in [0.25, 0.3) is 22.3 Å². The normalized spacial score (nSPS) is 21.9. The van der Waals surface area contributed by atoms with E-state index in [0.29, 0.717) is 11.3 Å². The molecule has 12 nitrogen and oxygen atoms in total. The molecule has 0 radical (unpaired) electrons. The van der Waals surface area contributed by atoms with E-state index >= 15 is 0 Å². The molecule has 1 fully saturated rings. The van der Waals surface area contributed by atoms with Gasteiger partial charge in [0.15, 0.2) is 11.5 Å². The smallest absolute Gasteiger partial charge is 0.308 e. The first-order valence-electron chi connectivity index (χ1n) is 10.6. The van der Waals surface area contributed by atoms with E-state index in [1.54, 1.807) is 24.3 Å². The molecule has 4 unspecified atom stereocenters. The third kappa shape index (κ3) is 4.62. The summed E-state index contributed by atoms with van der Waals surface area (Å²) in [6, 6.07) is 8.49. The minimum Gasteiger partial charge on any atom is -0.507 e. The van der Waals surface area contributed by atoms with Crippen LogP contribution in [-0.4, -0.2) is 70.5 Å². The Hall–Kier alpha value is -3.97. The molecule has 1 aromatic heterocycles. The largest absolute Gasteiger partial charge is 0.507 e. The lowest BCUT2D eigenvalue weighted by atomic mass is 10.0. The number of fused-ring (bicyclic) bond motifs is 1. The van der Waals surface area contributed by atoms with Gasteiger partial charge < -0.3 is 43.8 Å². The fourth-order valence-electron chi connectivity index (χ4n) is 3.69. The topological polar surface area (TPSA) is 182 Å². The van der Waals surface area contributed by atoms with Gasteiger partial charge in [-0.05, 0) is 24.3 Å². The molecule has 190 valence electrons. The van der Waals surface area contributed by atoms with Gasteiger partial charge in [0.05, 0.1) is 13.7 Å². The van der Waals surface area contributed by atoms with Crippen molar-refractivity contribution in [2.75, 3.05) is 13.7 Å². The highest BCUT2D eigenvalue weighted by Crippen LogP contribution is 2.37. The molecule has 1 saturated heterocycles. The van der Waals surface area contributed by atoms with Crippen molar-refractivity contribution in [3.05, 3.63) is 46.6 Å². The Balaban J connectivity index is 1.90. The van der Waals surface area contributed by atoms with Crippen LogP contribution in [0.5, 0.6) is 23.0 Å². The van der Waals surface area contributed by atoms with Crippen molar-refractivity contribution < 1.29 is 53.4 Å². The van der Waals surface area contributed by atoms with Crippen molar-refractivity contribution in [3.8, 4) is 34.3 Å². The first kappa shape index (κ1) is 25.1. The molecule has 2 aromatic carbocycles. The number of hydrogen-bond donors (Lipinski definition) is 4. The number of aliphatic hydroxyl groups is 3. The van der Waals surface area contributed by atoms with Crippen molar-refractivity contribution in [1.82, 2.24) is 0 Å². The highest BCUT2D eigenvalue weighted by Gasteiger charge is 2.45. The van der Waals surface area contributed by atoms with Crippen molar-refractivity contribution in [1.29, 1.82) is 0 Å². The molecule has 36 heavy (non-hydrogen) atoms. The number of benzene rings is 2. The van der Waals surface area contributed by atoms with Crippen molar-refractivity contribution >= 4 is 22.7 Å². The number of ketones is 1. The molecule has 4 atom stereocenters. The minimum absolute atomic E-state index is 0.0801. The van der Waals surface area contributed by atoms with E-state index in [-0.39, 0.29) is 22.5 Å². The van der Waals surface area contributed by atoms with E-state index in [0.717, 1.165) is 13.0 Å². The van der Waals surface area contributed by atoms with Gasteiger partial charge in [0.1, 0.15) is 46.5 Å². The third-order valence-corrected chi connectivity index (χ3v) is 5.43. The highest BCUT2D eigenvalue weighted by molar-refractivity contribution is 5.89. The van der Waals surface area contributed by atoms with Crippen LogP contribution in [0.2, 0.25) is 0 Å². The Morgan fingerprint density at radius 3 is 2.39 bits per heavy atom. The molecular weight excluding hydrogens is 480 g/mol. The Kier molecular flexibility index (Phi) is 6.95. The van der Waals surface area contributed by atoms with Crippen LogP contribution in [0, 0.1) is 0 Å². The summed E-state index contributed by atoms with van der Waals surface area (Å²) in [4.78, 5) is 36.8. The monoisotopic (exact) mass is 502 g/mol. The molecule has 0 bridgehead atoms. The van der Waals surface area contributed by atoms with Crippen LogP contribution in [0.4, 0.5) is 0 Å². The molecule has 12 heteroatoms. The summed E-state index contributed by atoms with van der Waals surface area (Å²) < 4.78 is 26.9. The van der Waals surface area contributed by atoms with Gasteiger partial charge in [0.2, 0.25) is 17.5 Å². The molecule has 4 rings (SSSR count). The number of ether oxygens (including phenoxy) is 4. The number of rotatable bonds is 6. The van der Waals surface area contributed by atoms with E-state index in [2.05, 4.69) is 0 Å². The molecule has 0 spiro atoms. The van der Waals surface area contributed by atoms with Gasteiger partial charge >= 0.3 is 5.97 Å². The molecule has 2 heterocycles. The van der Waals surface area contributed by atoms with E-state index < -0.39 is 59.9 Å². The molecule has 1 aliphatic rings. The van der Waals surface area contributed by atoms with E-state index in [9.17, 15) is 34.8 Å². The Labute approximate surface area is 202 Å². The maximum absolute atomic E-state index is 13.5. The number of phenols is 1. The second-order valence-electron chi connectivity index (χ2n) is 7.86. The van der Waals surface area contributed by atoms with Crippen LogP contribution in [0.1, 0.15) is 6.92 Å². The second-order valence-corrected chi connectivity index (χ2v) is 7.86. The number of methoxy groups -OCH3 is 1. The second kappa shape index (κ2) is 9.95. The van der Waals surface area contributed by atoms with Gasteiger partial charge in [-0.2, -0.15) is 0 Å². The van der Waals surface area contributed by atoms with Crippen LogP contribution in [-0.2, 0) is 14.3 Å². The van der Waals surface area contributed by atoms with Crippen molar-refractivity contribution in [2.24, 2.45) is 0 Å². The van der Waals surface area contributed by atoms with Gasteiger partial charge in [-0.1, -0.05) is 0 Å². The zero-order chi connectivity index (χ0) is 26.1. The van der Waals surface area contributed by atoms with Crippen LogP contribution in [0.15, 0.2) is 45.6 Å². The minimum atomic E-state index is -1.95. The molecule has 4 N–H and O–H groups in total. The lowest BCUT2D eigenvalue weighted by Gasteiger charge is -2.35. The van der Waals surface area contributed by atoms with Gasteiger partial charge in [-0.25, -0.2) is 0 Å². The molecule has 0 aliphatic carbocycles. The highest BCUT2D eigenvalue weighted by atomic mass is 16.7. The summed E-state index contributed by atoms with van der Waals surface area (Å²) in [5.41, 5.74) is -0.734. The van der Waals surface area contributed by atoms with E-state index in [4.69, 9.17) is 23.4 Å². The average molecular weight is 502 g/mol. The number of phenolic OH excluding ortho intramolecular Hbond substituents is 1. The number of carbonyl (C=O) groups is 2. The van der Waals surface area contributed by atoms with Gasteiger partial charge in [-0.15, -0.1) is 0 Å². The number of hydrogen-bond acceptors (Lipinski definition) is 12. The van der Waals surface area contributed by atoms with Crippen LogP contribution < -0.4 is 19.6 Å². The number of aliphatic hydroxyl groups excluding tert-OH is 3. The predicted molar refractivity (Wildman–Crippen MR) is 121 cm³/mol. The maximum Gasteiger partial charge on any atom is 0.308 e. The Morgan fingerprint density at radius 2 is 1.78 bits per heavy atom. The predicted octanol–water partition coefficient (Wildman–Crippen LogP) is 0.486. The first-order valence-corrected chi connectivity index (χ1v) is 10.6. The Bertz CT molecular complexity index is 1360.